The molecule has 0 saturated carbocycles. The number of carbonyl (C=O) groups excluding carboxylic acids is 2. The van der Waals surface area contributed by atoms with Crippen molar-refractivity contribution in [3.05, 3.63) is 48.0 Å². The van der Waals surface area contributed by atoms with E-state index in [-0.39, 0.29) is 40.9 Å². The fraction of sp³-hybridized carbons (Fsp3) is 0.391. The molecule has 178 valence electrons. The van der Waals surface area contributed by atoms with Crippen molar-refractivity contribution in [1.29, 1.82) is 0 Å². The molecule has 1 N–H and O–H groups in total. The number of carbonyl (C=O) groups is 2. The Morgan fingerprint density at radius 1 is 1.12 bits per heavy atom. The lowest BCUT2D eigenvalue weighted by Gasteiger charge is -2.24. The maximum atomic E-state index is 12.8. The maximum Gasteiger partial charge on any atom is 0.339 e. The highest BCUT2D eigenvalue weighted by molar-refractivity contribution is 7.87. The molecule has 2 amide bonds. The lowest BCUT2D eigenvalue weighted by atomic mass is 10.1. The van der Waals surface area contributed by atoms with Gasteiger partial charge < -0.3 is 23.9 Å². The molecular weight excluding hydrogens is 448 g/mol. The summed E-state index contributed by atoms with van der Waals surface area (Å²) in [5.74, 6) is -0.106. The van der Waals surface area contributed by atoms with Crippen molar-refractivity contribution in [2.45, 2.75) is 44.2 Å². The highest BCUT2D eigenvalue weighted by Crippen LogP contribution is 2.31. The first-order chi connectivity index (χ1) is 15.7. The second-order valence-electron chi connectivity index (χ2n) is 7.76. The fourth-order valence-electron chi connectivity index (χ4n) is 3.52. The molecule has 0 aliphatic carbocycles. The van der Waals surface area contributed by atoms with Crippen LogP contribution in [0, 0.1) is 0 Å². The van der Waals surface area contributed by atoms with Gasteiger partial charge in [-0.15, -0.1) is 0 Å². The van der Waals surface area contributed by atoms with E-state index in [0.717, 1.165) is 12.8 Å². The van der Waals surface area contributed by atoms with Gasteiger partial charge in [0.25, 0.3) is 0 Å². The molecule has 0 radical (unpaired) electrons. The number of methoxy groups -OCH3 is 1. The summed E-state index contributed by atoms with van der Waals surface area (Å²) >= 11 is 0. The van der Waals surface area contributed by atoms with Gasteiger partial charge in [0, 0.05) is 39.2 Å². The molecule has 1 aliphatic heterocycles. The fourth-order valence-corrected chi connectivity index (χ4v) is 4.45. The number of amides is 2. The Balaban J connectivity index is 1.79. The summed E-state index contributed by atoms with van der Waals surface area (Å²) in [6, 6.07) is 10.5. The topological polar surface area (TPSA) is 111 Å². The minimum atomic E-state index is -4.16. The van der Waals surface area contributed by atoms with Gasteiger partial charge >= 0.3 is 10.1 Å². The summed E-state index contributed by atoms with van der Waals surface area (Å²) in [6.07, 6.45) is 1.88. The molecule has 10 heteroatoms. The minimum Gasteiger partial charge on any atom is -0.493 e. The maximum absolute atomic E-state index is 12.8. The van der Waals surface area contributed by atoms with Crippen LogP contribution in [0.2, 0.25) is 0 Å². The van der Waals surface area contributed by atoms with E-state index in [1.54, 1.807) is 23.1 Å². The van der Waals surface area contributed by atoms with Gasteiger partial charge in [0.15, 0.2) is 11.5 Å². The zero-order valence-electron chi connectivity index (χ0n) is 18.9. The number of benzene rings is 2. The standard InChI is InChI=1S/C23H28N2O7S/c1-16(26)24-19-7-9-21(10-8-19)33(28,29)32-23-13-18(6-11-22(23)30-3)14-25(17(2)27)15-20-5-4-12-31-20/h6-11,13,20H,4-5,12,14-15H2,1-3H3,(H,24,26). The van der Waals surface area contributed by atoms with Crippen molar-refractivity contribution in [3.8, 4) is 11.5 Å². The minimum absolute atomic E-state index is 0.00344. The molecular formula is C23H28N2O7S. The number of rotatable bonds is 9. The molecule has 1 atom stereocenters. The smallest absolute Gasteiger partial charge is 0.339 e. The Kier molecular flexibility index (Phi) is 7.93. The molecule has 33 heavy (non-hydrogen) atoms. The lowest BCUT2D eigenvalue weighted by molar-refractivity contribution is -0.131. The number of ether oxygens (including phenoxy) is 2. The van der Waals surface area contributed by atoms with Crippen LogP contribution < -0.4 is 14.2 Å². The molecule has 1 fully saturated rings. The summed E-state index contributed by atoms with van der Waals surface area (Å²) < 4.78 is 41.9. The van der Waals surface area contributed by atoms with Crippen LogP contribution in [-0.2, 0) is 31.0 Å². The predicted molar refractivity (Wildman–Crippen MR) is 122 cm³/mol. The average molecular weight is 477 g/mol. The summed E-state index contributed by atoms with van der Waals surface area (Å²) in [5, 5.41) is 2.58. The van der Waals surface area contributed by atoms with Crippen LogP contribution in [-0.4, -0.2) is 51.5 Å². The summed E-state index contributed by atoms with van der Waals surface area (Å²) in [4.78, 5) is 24.9. The molecule has 9 nitrogen and oxygen atoms in total. The van der Waals surface area contributed by atoms with E-state index in [4.69, 9.17) is 13.7 Å². The molecule has 1 saturated heterocycles. The first kappa shape index (κ1) is 24.5. The Hall–Kier alpha value is -3.11. The number of nitrogens with one attached hydrogen (secondary N) is 1. The van der Waals surface area contributed by atoms with Gasteiger partial charge in [-0.05, 0) is 54.8 Å². The van der Waals surface area contributed by atoms with E-state index < -0.39 is 10.1 Å². The number of hydrogen-bond donors (Lipinski definition) is 1. The van der Waals surface area contributed by atoms with Crippen molar-refractivity contribution in [1.82, 2.24) is 4.90 Å². The Morgan fingerprint density at radius 3 is 2.42 bits per heavy atom. The molecule has 2 aromatic carbocycles. The average Bonchev–Trinajstić information content (AvgIpc) is 3.26. The molecule has 1 heterocycles. The van der Waals surface area contributed by atoms with Crippen molar-refractivity contribution >= 4 is 27.6 Å². The van der Waals surface area contributed by atoms with Crippen LogP contribution in [0.1, 0.15) is 32.3 Å². The van der Waals surface area contributed by atoms with Crippen LogP contribution in [0.25, 0.3) is 0 Å². The highest BCUT2D eigenvalue weighted by Gasteiger charge is 2.23. The highest BCUT2D eigenvalue weighted by atomic mass is 32.2. The first-order valence-electron chi connectivity index (χ1n) is 10.5. The van der Waals surface area contributed by atoms with Crippen LogP contribution in [0.3, 0.4) is 0 Å². The lowest BCUT2D eigenvalue weighted by Crippen LogP contribution is -2.35. The summed E-state index contributed by atoms with van der Waals surface area (Å²) in [6.45, 7) is 4.30. The van der Waals surface area contributed by atoms with Crippen LogP contribution >= 0.6 is 0 Å². The van der Waals surface area contributed by atoms with Gasteiger partial charge in [-0.1, -0.05) is 6.07 Å². The zero-order chi connectivity index (χ0) is 24.0. The molecule has 0 bridgehead atoms. The van der Waals surface area contributed by atoms with Gasteiger partial charge in [0.05, 0.1) is 13.2 Å². The van der Waals surface area contributed by atoms with E-state index in [0.29, 0.717) is 24.4 Å². The number of hydrogen-bond acceptors (Lipinski definition) is 7. The van der Waals surface area contributed by atoms with Crippen molar-refractivity contribution in [3.63, 3.8) is 0 Å². The quantitative estimate of drug-likeness (QED) is 0.554. The largest absolute Gasteiger partial charge is 0.493 e. The van der Waals surface area contributed by atoms with Crippen LogP contribution in [0.4, 0.5) is 5.69 Å². The molecule has 2 aromatic rings. The van der Waals surface area contributed by atoms with Crippen LogP contribution in [0.15, 0.2) is 47.4 Å². The molecule has 0 aromatic heterocycles. The van der Waals surface area contributed by atoms with E-state index in [2.05, 4.69) is 5.32 Å². The third kappa shape index (κ3) is 6.69. The van der Waals surface area contributed by atoms with Crippen molar-refractivity contribution in [2.24, 2.45) is 0 Å². The van der Waals surface area contributed by atoms with Crippen molar-refractivity contribution in [2.75, 3.05) is 25.6 Å². The first-order valence-corrected chi connectivity index (χ1v) is 11.9. The molecule has 1 unspecified atom stereocenters. The number of anilines is 1. The normalized spacial score (nSPS) is 15.7. The second kappa shape index (κ2) is 10.7. The third-order valence-electron chi connectivity index (χ3n) is 5.16. The van der Waals surface area contributed by atoms with Gasteiger partial charge in [-0.3, -0.25) is 9.59 Å². The van der Waals surface area contributed by atoms with E-state index in [1.165, 1.54) is 45.2 Å². The third-order valence-corrected chi connectivity index (χ3v) is 6.41. The van der Waals surface area contributed by atoms with Gasteiger partial charge in [0.1, 0.15) is 4.90 Å². The number of nitrogens with zero attached hydrogens (tertiary/aromatic N) is 1. The zero-order valence-corrected chi connectivity index (χ0v) is 19.7. The Bertz CT molecular complexity index is 1090. The molecule has 3 rings (SSSR count). The van der Waals surface area contributed by atoms with Gasteiger partial charge in [-0.2, -0.15) is 8.42 Å². The van der Waals surface area contributed by atoms with Gasteiger partial charge in [-0.25, -0.2) is 0 Å². The van der Waals surface area contributed by atoms with E-state index >= 15 is 0 Å². The van der Waals surface area contributed by atoms with Crippen LogP contribution in [0.5, 0.6) is 11.5 Å². The van der Waals surface area contributed by atoms with E-state index in [9.17, 15) is 18.0 Å². The molecule has 0 spiro atoms. The predicted octanol–water partition coefficient (Wildman–Crippen LogP) is 2.95. The summed E-state index contributed by atoms with van der Waals surface area (Å²) in [7, 11) is -2.75. The monoisotopic (exact) mass is 476 g/mol. The van der Waals surface area contributed by atoms with Gasteiger partial charge in [0.2, 0.25) is 11.8 Å². The molecule has 1 aliphatic rings. The Morgan fingerprint density at radius 2 is 1.85 bits per heavy atom. The Labute approximate surface area is 193 Å². The van der Waals surface area contributed by atoms with E-state index in [1.807, 2.05) is 0 Å². The van der Waals surface area contributed by atoms with Crippen molar-refractivity contribution < 1.29 is 31.7 Å². The SMILES string of the molecule is COc1ccc(CN(CC2CCCO2)C(C)=O)cc1OS(=O)(=O)c1ccc(NC(C)=O)cc1. The summed E-state index contributed by atoms with van der Waals surface area (Å²) in [5.41, 5.74) is 1.16. The second-order valence-corrected chi connectivity index (χ2v) is 9.31.